The van der Waals surface area contributed by atoms with Crippen LogP contribution in [0.2, 0.25) is 0 Å². The summed E-state index contributed by atoms with van der Waals surface area (Å²) in [7, 11) is 0. The number of carbonyl (C=O) groups excluding carboxylic acids is 1. The second-order valence-corrected chi connectivity index (χ2v) is 5.81. The van der Waals surface area contributed by atoms with Gasteiger partial charge in [-0.25, -0.2) is 4.79 Å². The Kier molecular flexibility index (Phi) is 5.90. The quantitative estimate of drug-likeness (QED) is 0.609. The minimum absolute atomic E-state index is 0.174. The molecule has 0 radical (unpaired) electrons. The Labute approximate surface area is 135 Å². The van der Waals surface area contributed by atoms with E-state index in [1.807, 2.05) is 30.3 Å². The molecule has 1 aliphatic carbocycles. The van der Waals surface area contributed by atoms with E-state index in [9.17, 15) is 14.7 Å². The Morgan fingerprint density at radius 2 is 2.00 bits per heavy atom. The summed E-state index contributed by atoms with van der Waals surface area (Å²) in [5.41, 5.74) is 7.55. The molecule has 0 aromatic heterocycles. The van der Waals surface area contributed by atoms with Crippen LogP contribution < -0.4 is 16.4 Å². The Balaban J connectivity index is 2.04. The molecule has 6 nitrogen and oxygen atoms in total. The van der Waals surface area contributed by atoms with Gasteiger partial charge in [-0.1, -0.05) is 36.4 Å². The molecule has 0 bridgehead atoms. The van der Waals surface area contributed by atoms with Crippen molar-refractivity contribution in [3.63, 3.8) is 0 Å². The minimum atomic E-state index is -0.961. The Hall–Kier alpha value is -2.18. The van der Waals surface area contributed by atoms with Gasteiger partial charge in [-0.15, -0.1) is 0 Å². The fourth-order valence-electron chi connectivity index (χ4n) is 2.84. The topological polar surface area (TPSA) is 104 Å². The van der Waals surface area contributed by atoms with Gasteiger partial charge in [-0.2, -0.15) is 0 Å². The van der Waals surface area contributed by atoms with Crippen LogP contribution in [0.3, 0.4) is 0 Å². The summed E-state index contributed by atoms with van der Waals surface area (Å²) in [6.45, 7) is 2.10. The van der Waals surface area contributed by atoms with Gasteiger partial charge in [0.25, 0.3) is 0 Å². The van der Waals surface area contributed by atoms with Gasteiger partial charge >= 0.3 is 5.97 Å². The predicted octanol–water partition coefficient (Wildman–Crippen LogP) is 0.434. The standard InChI is InChI=1S/C17H23N3O3/c1-11(21)20-16-14(18)9-13(17(22)23)10-15(16)19-8-7-12-5-3-2-4-6-12/h2-6,10,14-16,19H,7-9,18H2,1H3,(H,20,21)(H,22,23)/t14-,15+,16+/m1/s1. The highest BCUT2D eigenvalue weighted by Gasteiger charge is 2.33. The van der Waals surface area contributed by atoms with Crippen LogP contribution in [0, 0.1) is 0 Å². The zero-order chi connectivity index (χ0) is 16.8. The molecule has 0 spiro atoms. The fourth-order valence-corrected chi connectivity index (χ4v) is 2.84. The maximum Gasteiger partial charge on any atom is 0.331 e. The first-order chi connectivity index (χ1) is 11.0. The van der Waals surface area contributed by atoms with E-state index in [4.69, 9.17) is 5.73 Å². The molecule has 6 heteroatoms. The molecule has 2 rings (SSSR count). The SMILES string of the molecule is CC(=O)N[C@H]1[C@H](N)CC(C(=O)O)=C[C@@H]1NCCc1ccccc1. The lowest BCUT2D eigenvalue weighted by atomic mass is 9.86. The summed E-state index contributed by atoms with van der Waals surface area (Å²) in [6.07, 6.45) is 2.73. The molecular weight excluding hydrogens is 294 g/mol. The number of nitrogens with one attached hydrogen (secondary N) is 2. The number of hydrogen-bond acceptors (Lipinski definition) is 4. The third-order valence-electron chi connectivity index (χ3n) is 3.97. The molecule has 1 amide bonds. The third-order valence-corrected chi connectivity index (χ3v) is 3.97. The normalized spacial score (nSPS) is 23.9. The summed E-state index contributed by atoms with van der Waals surface area (Å²) in [6, 6.07) is 8.97. The lowest BCUT2D eigenvalue weighted by Gasteiger charge is -2.35. The molecule has 5 N–H and O–H groups in total. The van der Waals surface area contributed by atoms with Crippen LogP contribution in [-0.4, -0.2) is 41.7 Å². The first-order valence-corrected chi connectivity index (χ1v) is 7.71. The lowest BCUT2D eigenvalue weighted by molar-refractivity contribution is -0.133. The Morgan fingerprint density at radius 1 is 1.30 bits per heavy atom. The van der Waals surface area contributed by atoms with Gasteiger partial charge < -0.3 is 21.5 Å². The van der Waals surface area contributed by atoms with E-state index in [-0.39, 0.29) is 30.0 Å². The van der Waals surface area contributed by atoms with Crippen LogP contribution in [0.5, 0.6) is 0 Å². The number of hydrogen-bond donors (Lipinski definition) is 4. The maximum atomic E-state index is 11.4. The smallest absolute Gasteiger partial charge is 0.331 e. The van der Waals surface area contributed by atoms with Crippen LogP contribution in [0.1, 0.15) is 18.9 Å². The molecular formula is C17H23N3O3. The number of carboxylic acid groups (broad SMARTS) is 1. The minimum Gasteiger partial charge on any atom is -0.478 e. The molecule has 0 unspecified atom stereocenters. The molecule has 23 heavy (non-hydrogen) atoms. The maximum absolute atomic E-state index is 11.4. The molecule has 3 atom stereocenters. The van der Waals surface area contributed by atoms with Crippen molar-refractivity contribution in [3.05, 3.63) is 47.5 Å². The van der Waals surface area contributed by atoms with Crippen molar-refractivity contribution >= 4 is 11.9 Å². The number of nitrogens with two attached hydrogens (primary N) is 1. The van der Waals surface area contributed by atoms with Crippen molar-refractivity contribution in [1.29, 1.82) is 0 Å². The zero-order valence-electron chi connectivity index (χ0n) is 13.2. The number of benzene rings is 1. The highest BCUT2D eigenvalue weighted by atomic mass is 16.4. The van der Waals surface area contributed by atoms with Crippen molar-refractivity contribution in [1.82, 2.24) is 10.6 Å². The van der Waals surface area contributed by atoms with E-state index in [2.05, 4.69) is 10.6 Å². The fraction of sp³-hybridized carbons (Fsp3) is 0.412. The largest absolute Gasteiger partial charge is 0.478 e. The average molecular weight is 317 g/mol. The van der Waals surface area contributed by atoms with Crippen molar-refractivity contribution in [2.75, 3.05) is 6.54 Å². The second-order valence-electron chi connectivity index (χ2n) is 5.81. The van der Waals surface area contributed by atoms with Crippen LogP contribution >= 0.6 is 0 Å². The number of carbonyl (C=O) groups is 2. The molecule has 1 aromatic carbocycles. The molecule has 0 saturated heterocycles. The first kappa shape index (κ1) is 17.2. The van der Waals surface area contributed by atoms with Crippen LogP contribution in [-0.2, 0) is 16.0 Å². The van der Waals surface area contributed by atoms with Gasteiger partial charge in [0.2, 0.25) is 5.91 Å². The van der Waals surface area contributed by atoms with E-state index in [1.54, 1.807) is 6.08 Å². The van der Waals surface area contributed by atoms with Gasteiger partial charge in [0.05, 0.1) is 6.04 Å². The van der Waals surface area contributed by atoms with E-state index < -0.39 is 12.0 Å². The van der Waals surface area contributed by atoms with Gasteiger partial charge in [-0.05, 0) is 24.9 Å². The van der Waals surface area contributed by atoms with Crippen molar-refractivity contribution in [2.45, 2.75) is 37.9 Å². The molecule has 0 fully saturated rings. The summed E-state index contributed by atoms with van der Waals surface area (Å²) in [5.74, 6) is -1.14. The highest BCUT2D eigenvalue weighted by Crippen LogP contribution is 2.18. The molecule has 124 valence electrons. The second kappa shape index (κ2) is 7.89. The van der Waals surface area contributed by atoms with Gasteiger partial charge in [0.15, 0.2) is 0 Å². The number of amides is 1. The summed E-state index contributed by atoms with van der Waals surface area (Å²) in [5, 5.41) is 15.3. The van der Waals surface area contributed by atoms with E-state index in [0.29, 0.717) is 6.54 Å². The van der Waals surface area contributed by atoms with Crippen molar-refractivity contribution in [2.24, 2.45) is 5.73 Å². The first-order valence-electron chi connectivity index (χ1n) is 7.71. The van der Waals surface area contributed by atoms with Crippen LogP contribution in [0.25, 0.3) is 0 Å². The molecule has 0 saturated carbocycles. The van der Waals surface area contributed by atoms with Crippen LogP contribution in [0.15, 0.2) is 42.0 Å². The Morgan fingerprint density at radius 3 is 2.61 bits per heavy atom. The predicted molar refractivity (Wildman–Crippen MR) is 87.9 cm³/mol. The lowest BCUT2D eigenvalue weighted by Crippen LogP contribution is -2.60. The molecule has 0 aliphatic heterocycles. The van der Waals surface area contributed by atoms with Gasteiger partial charge in [-0.3, -0.25) is 4.79 Å². The highest BCUT2D eigenvalue weighted by molar-refractivity contribution is 5.87. The third kappa shape index (κ3) is 4.91. The number of rotatable bonds is 6. The monoisotopic (exact) mass is 317 g/mol. The average Bonchev–Trinajstić information content (AvgIpc) is 2.50. The van der Waals surface area contributed by atoms with E-state index >= 15 is 0 Å². The summed E-state index contributed by atoms with van der Waals surface area (Å²) < 4.78 is 0. The molecule has 1 aliphatic rings. The number of aliphatic carboxylic acids is 1. The summed E-state index contributed by atoms with van der Waals surface area (Å²) >= 11 is 0. The molecule has 0 heterocycles. The Bertz CT molecular complexity index is 586. The van der Waals surface area contributed by atoms with E-state index in [1.165, 1.54) is 12.5 Å². The van der Waals surface area contributed by atoms with Gasteiger partial charge in [0.1, 0.15) is 0 Å². The zero-order valence-corrected chi connectivity index (χ0v) is 13.2. The van der Waals surface area contributed by atoms with Crippen molar-refractivity contribution < 1.29 is 14.7 Å². The summed E-state index contributed by atoms with van der Waals surface area (Å²) in [4.78, 5) is 22.6. The van der Waals surface area contributed by atoms with Gasteiger partial charge in [0, 0.05) is 24.6 Å². The van der Waals surface area contributed by atoms with Crippen LogP contribution in [0.4, 0.5) is 0 Å². The molecule has 1 aromatic rings. The number of carboxylic acids is 1. The van der Waals surface area contributed by atoms with Crippen molar-refractivity contribution in [3.8, 4) is 0 Å². The van der Waals surface area contributed by atoms with E-state index in [0.717, 1.165) is 6.42 Å².